The van der Waals surface area contributed by atoms with Gasteiger partial charge in [-0.1, -0.05) is 25.0 Å². The van der Waals surface area contributed by atoms with Crippen molar-refractivity contribution >= 4 is 5.69 Å². The maximum absolute atomic E-state index is 10.6. The van der Waals surface area contributed by atoms with E-state index in [2.05, 4.69) is 5.32 Å². The number of nitrogens with zero attached hydrogens (tertiary/aromatic N) is 1. The topological polar surface area (TPSA) is 75.4 Å². The van der Waals surface area contributed by atoms with Crippen molar-refractivity contribution in [1.82, 2.24) is 5.32 Å². The third-order valence-electron chi connectivity index (χ3n) is 3.44. The summed E-state index contributed by atoms with van der Waals surface area (Å²) in [6.07, 6.45) is 3.84. The fraction of sp³-hybridized carbons (Fsp3) is 0.538. The minimum atomic E-state index is -0.583. The second-order valence-electron chi connectivity index (χ2n) is 4.96. The number of hydrogen-bond donors (Lipinski definition) is 2. The maximum Gasteiger partial charge on any atom is 0.269 e. The molecule has 1 aliphatic carbocycles. The number of non-ortho nitro benzene ring substituents is 1. The van der Waals surface area contributed by atoms with Gasteiger partial charge in [-0.2, -0.15) is 0 Å². The molecule has 5 heteroatoms. The Bertz CT molecular complexity index is 428. The Labute approximate surface area is 106 Å². The molecule has 0 aromatic heterocycles. The van der Waals surface area contributed by atoms with Crippen molar-refractivity contribution < 1.29 is 10.0 Å². The highest BCUT2D eigenvalue weighted by molar-refractivity contribution is 5.34. The van der Waals surface area contributed by atoms with Crippen LogP contribution in [-0.4, -0.2) is 22.2 Å². The van der Waals surface area contributed by atoms with Gasteiger partial charge in [0.15, 0.2) is 0 Å². The Balaban J connectivity index is 1.86. The van der Waals surface area contributed by atoms with Gasteiger partial charge >= 0.3 is 0 Å². The number of hydrogen-bond acceptors (Lipinski definition) is 4. The molecule has 0 unspecified atom stereocenters. The molecule has 0 spiro atoms. The van der Waals surface area contributed by atoms with Gasteiger partial charge in [0.2, 0.25) is 0 Å². The van der Waals surface area contributed by atoms with Crippen LogP contribution in [0.3, 0.4) is 0 Å². The van der Waals surface area contributed by atoms with Crippen LogP contribution in [-0.2, 0) is 6.54 Å². The van der Waals surface area contributed by atoms with Gasteiger partial charge in [-0.25, -0.2) is 0 Å². The van der Waals surface area contributed by atoms with E-state index in [0.29, 0.717) is 13.1 Å². The second kappa shape index (κ2) is 5.46. The molecule has 0 bridgehead atoms. The normalized spacial score (nSPS) is 17.8. The first-order valence-electron chi connectivity index (χ1n) is 6.26. The number of aliphatic hydroxyl groups is 1. The van der Waals surface area contributed by atoms with Gasteiger partial charge in [0.1, 0.15) is 0 Å². The Kier molecular flexibility index (Phi) is 3.93. The minimum absolute atomic E-state index is 0.105. The fourth-order valence-electron chi connectivity index (χ4n) is 2.43. The van der Waals surface area contributed by atoms with E-state index in [9.17, 15) is 15.2 Å². The van der Waals surface area contributed by atoms with Gasteiger partial charge in [-0.3, -0.25) is 10.1 Å². The summed E-state index contributed by atoms with van der Waals surface area (Å²) in [6, 6.07) is 6.57. The first-order chi connectivity index (χ1) is 8.59. The molecule has 2 rings (SSSR count). The maximum atomic E-state index is 10.6. The van der Waals surface area contributed by atoms with Crippen LogP contribution >= 0.6 is 0 Å². The third kappa shape index (κ3) is 3.27. The lowest BCUT2D eigenvalue weighted by atomic mass is 10.0. The van der Waals surface area contributed by atoms with Crippen molar-refractivity contribution in [3.8, 4) is 0 Å². The summed E-state index contributed by atoms with van der Waals surface area (Å²) in [4.78, 5) is 10.2. The summed E-state index contributed by atoms with van der Waals surface area (Å²) in [5.74, 6) is 0. The summed E-state index contributed by atoms with van der Waals surface area (Å²) in [6.45, 7) is 1.10. The molecule has 5 nitrogen and oxygen atoms in total. The highest BCUT2D eigenvalue weighted by atomic mass is 16.6. The molecule has 1 aromatic carbocycles. The van der Waals surface area contributed by atoms with Crippen LogP contribution in [0.5, 0.6) is 0 Å². The highest BCUT2D eigenvalue weighted by Gasteiger charge is 2.30. The van der Waals surface area contributed by atoms with Gasteiger partial charge < -0.3 is 10.4 Å². The number of benzene rings is 1. The lowest BCUT2D eigenvalue weighted by Crippen LogP contribution is -2.37. The quantitative estimate of drug-likeness (QED) is 0.619. The van der Waals surface area contributed by atoms with Crippen molar-refractivity contribution in [2.24, 2.45) is 0 Å². The average Bonchev–Trinajstić information content (AvgIpc) is 2.77. The molecule has 1 saturated carbocycles. The largest absolute Gasteiger partial charge is 0.389 e. The number of nitro benzene ring substituents is 1. The fourth-order valence-corrected chi connectivity index (χ4v) is 2.43. The summed E-state index contributed by atoms with van der Waals surface area (Å²) >= 11 is 0. The van der Waals surface area contributed by atoms with E-state index >= 15 is 0 Å². The van der Waals surface area contributed by atoms with Crippen LogP contribution in [0, 0.1) is 10.1 Å². The molecule has 0 amide bonds. The molecule has 0 heterocycles. The molecular formula is C13H18N2O3. The molecule has 0 radical (unpaired) electrons. The standard InChI is InChI=1S/C13H18N2O3/c16-13(6-1-2-7-13)10-14-9-11-4-3-5-12(8-11)15(17)18/h3-5,8,14,16H,1-2,6-7,9-10H2. The van der Waals surface area contributed by atoms with E-state index in [-0.39, 0.29) is 5.69 Å². The van der Waals surface area contributed by atoms with Crippen LogP contribution in [0.4, 0.5) is 5.69 Å². The molecule has 2 N–H and O–H groups in total. The van der Waals surface area contributed by atoms with Gasteiger partial charge in [-0.15, -0.1) is 0 Å². The predicted molar refractivity (Wildman–Crippen MR) is 68.2 cm³/mol. The molecule has 0 aliphatic heterocycles. The zero-order chi connectivity index (χ0) is 13.0. The van der Waals surface area contributed by atoms with E-state index in [1.165, 1.54) is 6.07 Å². The van der Waals surface area contributed by atoms with E-state index < -0.39 is 10.5 Å². The molecule has 98 valence electrons. The number of nitrogens with one attached hydrogen (secondary N) is 1. The second-order valence-corrected chi connectivity index (χ2v) is 4.96. The lowest BCUT2D eigenvalue weighted by molar-refractivity contribution is -0.384. The third-order valence-corrected chi connectivity index (χ3v) is 3.44. The molecule has 18 heavy (non-hydrogen) atoms. The van der Waals surface area contributed by atoms with Crippen molar-refractivity contribution in [3.63, 3.8) is 0 Å². The van der Waals surface area contributed by atoms with Crippen molar-refractivity contribution in [2.45, 2.75) is 37.8 Å². The first kappa shape index (κ1) is 13.0. The summed E-state index contributed by atoms with van der Waals surface area (Å²) in [5.41, 5.74) is 0.389. The van der Waals surface area contributed by atoms with Crippen LogP contribution in [0.25, 0.3) is 0 Å². The SMILES string of the molecule is O=[N+]([O-])c1cccc(CNCC2(O)CCCC2)c1. The monoisotopic (exact) mass is 250 g/mol. The zero-order valence-electron chi connectivity index (χ0n) is 10.3. The minimum Gasteiger partial charge on any atom is -0.389 e. The molecular weight excluding hydrogens is 232 g/mol. The molecule has 0 saturated heterocycles. The first-order valence-corrected chi connectivity index (χ1v) is 6.26. The highest BCUT2D eigenvalue weighted by Crippen LogP contribution is 2.28. The Morgan fingerprint density at radius 2 is 2.11 bits per heavy atom. The van der Waals surface area contributed by atoms with Gasteiger partial charge in [0.05, 0.1) is 10.5 Å². The van der Waals surface area contributed by atoms with Crippen LogP contribution < -0.4 is 5.32 Å². The van der Waals surface area contributed by atoms with E-state index in [4.69, 9.17) is 0 Å². The smallest absolute Gasteiger partial charge is 0.269 e. The van der Waals surface area contributed by atoms with Gasteiger partial charge in [0.25, 0.3) is 5.69 Å². The zero-order valence-corrected chi connectivity index (χ0v) is 10.3. The molecule has 0 atom stereocenters. The van der Waals surface area contributed by atoms with Crippen LogP contribution in [0.15, 0.2) is 24.3 Å². The lowest BCUT2D eigenvalue weighted by Gasteiger charge is -2.22. The van der Waals surface area contributed by atoms with Crippen molar-refractivity contribution in [1.29, 1.82) is 0 Å². The summed E-state index contributed by atoms with van der Waals surface area (Å²) in [7, 11) is 0. The molecule has 1 fully saturated rings. The molecule has 1 aromatic rings. The number of rotatable bonds is 5. The van der Waals surface area contributed by atoms with Crippen molar-refractivity contribution in [2.75, 3.05) is 6.54 Å². The molecule has 1 aliphatic rings. The van der Waals surface area contributed by atoms with Crippen LogP contribution in [0.1, 0.15) is 31.2 Å². The Morgan fingerprint density at radius 3 is 2.78 bits per heavy atom. The van der Waals surface area contributed by atoms with Crippen molar-refractivity contribution in [3.05, 3.63) is 39.9 Å². The van der Waals surface area contributed by atoms with Gasteiger partial charge in [-0.05, 0) is 18.4 Å². The van der Waals surface area contributed by atoms with Crippen LogP contribution in [0.2, 0.25) is 0 Å². The van der Waals surface area contributed by atoms with E-state index in [0.717, 1.165) is 31.2 Å². The average molecular weight is 250 g/mol. The van der Waals surface area contributed by atoms with Gasteiger partial charge in [0, 0.05) is 25.2 Å². The summed E-state index contributed by atoms with van der Waals surface area (Å²) < 4.78 is 0. The van der Waals surface area contributed by atoms with E-state index in [1.807, 2.05) is 6.07 Å². The Hall–Kier alpha value is -1.46. The Morgan fingerprint density at radius 1 is 1.39 bits per heavy atom. The summed E-state index contributed by atoms with van der Waals surface area (Å²) in [5, 5.41) is 24.0. The predicted octanol–water partition coefficient (Wildman–Crippen LogP) is 1.99. The number of nitro groups is 1. The van der Waals surface area contributed by atoms with E-state index in [1.54, 1.807) is 12.1 Å².